The fraction of sp³-hybridized carbons (Fsp3) is 0.0714. The van der Waals surface area contributed by atoms with Crippen molar-refractivity contribution in [1.82, 2.24) is 0 Å². The summed E-state index contributed by atoms with van der Waals surface area (Å²) < 4.78 is 26.6. The number of para-hydroxylation sites is 1. The smallest absolute Gasteiger partial charge is 0.255 e. The number of hydrogen-bond acceptors (Lipinski definition) is 2. The monoisotopic (exact) mass is 262 g/mol. The lowest BCUT2D eigenvalue weighted by Crippen LogP contribution is -2.14. The van der Waals surface area contributed by atoms with E-state index in [0.29, 0.717) is 5.56 Å². The third kappa shape index (κ3) is 2.70. The fourth-order valence-electron chi connectivity index (χ4n) is 1.64. The van der Waals surface area contributed by atoms with E-state index in [4.69, 9.17) is 5.73 Å². The van der Waals surface area contributed by atoms with Crippen molar-refractivity contribution in [3.05, 3.63) is 59.2 Å². The minimum absolute atomic E-state index is 0.0746. The van der Waals surface area contributed by atoms with Gasteiger partial charge in [0.1, 0.15) is 17.3 Å². The first kappa shape index (κ1) is 13.0. The van der Waals surface area contributed by atoms with Crippen LogP contribution in [0.25, 0.3) is 0 Å². The molecule has 1 amide bonds. The van der Waals surface area contributed by atoms with Crippen LogP contribution < -0.4 is 11.1 Å². The van der Waals surface area contributed by atoms with E-state index in [-0.39, 0.29) is 16.9 Å². The summed E-state index contributed by atoms with van der Waals surface area (Å²) >= 11 is 0. The standard InChI is InChI=1S/C14H12F2N2O/c1-8-7-9(5-6-10(8)15)14(19)18-13-11(16)3-2-4-12(13)17/h2-7H,17H2,1H3,(H,18,19). The van der Waals surface area contributed by atoms with E-state index in [9.17, 15) is 13.6 Å². The molecular weight excluding hydrogens is 250 g/mol. The average molecular weight is 262 g/mol. The van der Waals surface area contributed by atoms with Gasteiger partial charge >= 0.3 is 0 Å². The SMILES string of the molecule is Cc1cc(C(=O)Nc2c(N)cccc2F)ccc1F. The van der Waals surface area contributed by atoms with Gasteiger partial charge in [0.2, 0.25) is 0 Å². The predicted octanol–water partition coefficient (Wildman–Crippen LogP) is 3.11. The molecule has 0 bridgehead atoms. The number of nitrogens with one attached hydrogen (secondary N) is 1. The summed E-state index contributed by atoms with van der Waals surface area (Å²) in [6, 6.07) is 8.03. The van der Waals surface area contributed by atoms with Crippen molar-refractivity contribution in [2.75, 3.05) is 11.1 Å². The summed E-state index contributed by atoms with van der Waals surface area (Å²) in [6.07, 6.45) is 0. The lowest BCUT2D eigenvalue weighted by molar-refractivity contribution is 0.102. The average Bonchev–Trinajstić information content (AvgIpc) is 2.37. The largest absolute Gasteiger partial charge is 0.397 e. The van der Waals surface area contributed by atoms with Crippen molar-refractivity contribution in [3.8, 4) is 0 Å². The molecule has 2 rings (SSSR count). The van der Waals surface area contributed by atoms with Gasteiger partial charge in [-0.2, -0.15) is 0 Å². The van der Waals surface area contributed by atoms with Gasteiger partial charge in [0, 0.05) is 5.56 Å². The number of carbonyl (C=O) groups excluding carboxylic acids is 1. The second-order valence-electron chi connectivity index (χ2n) is 4.12. The van der Waals surface area contributed by atoms with Gasteiger partial charge in [-0.05, 0) is 42.8 Å². The van der Waals surface area contributed by atoms with Crippen LogP contribution in [0.1, 0.15) is 15.9 Å². The van der Waals surface area contributed by atoms with E-state index in [1.807, 2.05) is 0 Å². The first-order chi connectivity index (χ1) is 8.99. The Balaban J connectivity index is 2.28. The van der Waals surface area contributed by atoms with Crippen LogP contribution >= 0.6 is 0 Å². The molecule has 0 atom stereocenters. The summed E-state index contributed by atoms with van der Waals surface area (Å²) in [5.41, 5.74) is 6.22. The molecule has 3 N–H and O–H groups in total. The summed E-state index contributed by atoms with van der Waals surface area (Å²) in [4.78, 5) is 11.9. The molecule has 2 aromatic carbocycles. The molecule has 5 heteroatoms. The Morgan fingerprint density at radius 1 is 1.16 bits per heavy atom. The summed E-state index contributed by atoms with van der Waals surface area (Å²) in [5.74, 6) is -1.56. The Morgan fingerprint density at radius 3 is 2.53 bits per heavy atom. The number of nitrogen functional groups attached to an aromatic ring is 1. The van der Waals surface area contributed by atoms with Gasteiger partial charge < -0.3 is 11.1 Å². The summed E-state index contributed by atoms with van der Waals surface area (Å²) in [6.45, 7) is 1.55. The number of halogens is 2. The first-order valence-electron chi connectivity index (χ1n) is 5.60. The minimum Gasteiger partial charge on any atom is -0.397 e. The van der Waals surface area contributed by atoms with Crippen molar-refractivity contribution in [2.24, 2.45) is 0 Å². The second kappa shape index (κ2) is 5.06. The van der Waals surface area contributed by atoms with Crippen LogP contribution in [-0.2, 0) is 0 Å². The number of benzene rings is 2. The molecule has 3 nitrogen and oxygen atoms in total. The highest BCUT2D eigenvalue weighted by Gasteiger charge is 2.12. The van der Waals surface area contributed by atoms with Crippen LogP contribution in [0.2, 0.25) is 0 Å². The maximum atomic E-state index is 13.5. The number of hydrogen-bond donors (Lipinski definition) is 2. The van der Waals surface area contributed by atoms with Crippen LogP contribution in [0.5, 0.6) is 0 Å². The third-order valence-corrected chi connectivity index (χ3v) is 2.70. The normalized spacial score (nSPS) is 10.3. The van der Waals surface area contributed by atoms with E-state index in [1.54, 1.807) is 6.92 Å². The molecule has 98 valence electrons. The molecule has 0 spiro atoms. The van der Waals surface area contributed by atoms with E-state index in [1.165, 1.54) is 36.4 Å². The van der Waals surface area contributed by atoms with Crippen molar-refractivity contribution in [2.45, 2.75) is 6.92 Å². The van der Waals surface area contributed by atoms with Crippen LogP contribution in [-0.4, -0.2) is 5.91 Å². The Bertz CT molecular complexity index is 621. The summed E-state index contributed by atoms with van der Waals surface area (Å²) in [7, 11) is 0. The minimum atomic E-state index is -0.618. The maximum absolute atomic E-state index is 13.5. The summed E-state index contributed by atoms with van der Waals surface area (Å²) in [5, 5.41) is 2.38. The van der Waals surface area contributed by atoms with Crippen LogP contribution in [0.3, 0.4) is 0 Å². The maximum Gasteiger partial charge on any atom is 0.255 e. The Hall–Kier alpha value is -2.43. The molecule has 0 aliphatic rings. The molecule has 19 heavy (non-hydrogen) atoms. The van der Waals surface area contributed by atoms with Crippen LogP contribution in [0, 0.1) is 18.6 Å². The zero-order valence-corrected chi connectivity index (χ0v) is 10.2. The third-order valence-electron chi connectivity index (χ3n) is 2.70. The molecule has 0 radical (unpaired) electrons. The molecule has 0 heterocycles. The molecule has 0 unspecified atom stereocenters. The zero-order valence-electron chi connectivity index (χ0n) is 10.2. The van der Waals surface area contributed by atoms with Crippen molar-refractivity contribution < 1.29 is 13.6 Å². The Morgan fingerprint density at radius 2 is 1.89 bits per heavy atom. The van der Waals surface area contributed by atoms with Gasteiger partial charge in [0.05, 0.1) is 5.69 Å². The Kier molecular flexibility index (Phi) is 3.46. The number of anilines is 2. The van der Waals surface area contributed by atoms with Gasteiger partial charge in [-0.1, -0.05) is 6.07 Å². The van der Waals surface area contributed by atoms with E-state index in [0.717, 1.165) is 0 Å². The Labute approximate surface area is 109 Å². The van der Waals surface area contributed by atoms with Crippen molar-refractivity contribution in [1.29, 1.82) is 0 Å². The first-order valence-corrected chi connectivity index (χ1v) is 5.60. The number of aryl methyl sites for hydroxylation is 1. The molecule has 0 aliphatic carbocycles. The quantitative estimate of drug-likeness (QED) is 0.817. The van der Waals surface area contributed by atoms with E-state index >= 15 is 0 Å². The van der Waals surface area contributed by atoms with Crippen molar-refractivity contribution in [3.63, 3.8) is 0 Å². The van der Waals surface area contributed by atoms with Gasteiger partial charge in [0.15, 0.2) is 0 Å². The van der Waals surface area contributed by atoms with Gasteiger partial charge in [0.25, 0.3) is 5.91 Å². The highest BCUT2D eigenvalue weighted by Crippen LogP contribution is 2.22. The van der Waals surface area contributed by atoms with Gasteiger partial charge in [-0.3, -0.25) is 4.79 Å². The van der Waals surface area contributed by atoms with Gasteiger partial charge in [-0.25, -0.2) is 8.78 Å². The van der Waals surface area contributed by atoms with E-state index in [2.05, 4.69) is 5.32 Å². The number of amides is 1. The zero-order chi connectivity index (χ0) is 14.0. The lowest BCUT2D eigenvalue weighted by Gasteiger charge is -2.09. The van der Waals surface area contributed by atoms with Crippen LogP contribution in [0.15, 0.2) is 36.4 Å². The number of carbonyl (C=O) groups is 1. The molecule has 0 saturated heterocycles. The number of rotatable bonds is 2. The van der Waals surface area contributed by atoms with Gasteiger partial charge in [-0.15, -0.1) is 0 Å². The molecular formula is C14H12F2N2O. The highest BCUT2D eigenvalue weighted by molar-refractivity contribution is 6.05. The number of nitrogens with two attached hydrogens (primary N) is 1. The molecule has 0 saturated carbocycles. The van der Waals surface area contributed by atoms with E-state index < -0.39 is 17.5 Å². The predicted molar refractivity (Wildman–Crippen MR) is 69.9 cm³/mol. The molecule has 2 aromatic rings. The molecule has 0 aliphatic heterocycles. The molecule has 0 fully saturated rings. The van der Waals surface area contributed by atoms with Crippen LogP contribution in [0.4, 0.5) is 20.2 Å². The lowest BCUT2D eigenvalue weighted by atomic mass is 10.1. The highest BCUT2D eigenvalue weighted by atomic mass is 19.1. The second-order valence-corrected chi connectivity index (χ2v) is 4.12. The topological polar surface area (TPSA) is 55.1 Å². The van der Waals surface area contributed by atoms with Crippen molar-refractivity contribution >= 4 is 17.3 Å². The molecule has 0 aromatic heterocycles. The fourth-order valence-corrected chi connectivity index (χ4v) is 1.64.